The second-order valence-corrected chi connectivity index (χ2v) is 4.60. The Balaban J connectivity index is 2.61. The maximum atomic E-state index is 5.54. The lowest BCUT2D eigenvalue weighted by Gasteiger charge is -2.23. The van der Waals surface area contributed by atoms with Gasteiger partial charge >= 0.3 is 0 Å². The van der Waals surface area contributed by atoms with Crippen LogP contribution in [-0.2, 0) is 0 Å². The summed E-state index contributed by atoms with van der Waals surface area (Å²) in [7, 11) is 0. The molecule has 0 aliphatic rings. The van der Waals surface area contributed by atoms with Crippen molar-refractivity contribution in [2.24, 2.45) is 5.73 Å². The number of aromatic nitrogens is 2. The normalized spacial score (nSPS) is 12.4. The van der Waals surface area contributed by atoms with Crippen molar-refractivity contribution in [2.45, 2.75) is 26.8 Å². The molecule has 1 atom stereocenters. The fraction of sp³-hybridized carbons (Fsp3) is 0.583. The van der Waals surface area contributed by atoms with Crippen LogP contribution in [0.3, 0.4) is 0 Å². The van der Waals surface area contributed by atoms with Gasteiger partial charge in [-0.2, -0.15) is 0 Å². The summed E-state index contributed by atoms with van der Waals surface area (Å²) in [6.45, 7) is 9.44. The molecule has 5 nitrogen and oxygen atoms in total. The van der Waals surface area contributed by atoms with Gasteiger partial charge in [-0.05, 0) is 26.1 Å². The van der Waals surface area contributed by atoms with Gasteiger partial charge < -0.3 is 16.0 Å². The van der Waals surface area contributed by atoms with Crippen LogP contribution in [0, 0.1) is 0 Å². The first-order valence-electron chi connectivity index (χ1n) is 6.18. The molecular formula is C12H21N5S. The molecule has 0 aromatic carbocycles. The van der Waals surface area contributed by atoms with Gasteiger partial charge in [0.25, 0.3) is 0 Å². The zero-order chi connectivity index (χ0) is 13.5. The molecule has 1 unspecified atom stereocenters. The molecule has 1 heterocycles. The average Bonchev–Trinajstić information content (AvgIpc) is 2.36. The molecule has 3 N–H and O–H groups in total. The van der Waals surface area contributed by atoms with Crippen LogP contribution in [0.25, 0.3) is 0 Å². The number of likely N-dealkylation sites (N-methyl/N-ethyl adjacent to an activating group) is 1. The lowest BCUT2D eigenvalue weighted by Crippen LogP contribution is -2.35. The van der Waals surface area contributed by atoms with Crippen LogP contribution in [0.1, 0.15) is 26.5 Å². The molecule has 0 bridgehead atoms. The van der Waals surface area contributed by atoms with E-state index in [1.807, 2.05) is 0 Å². The summed E-state index contributed by atoms with van der Waals surface area (Å²) in [5.41, 5.74) is 6.14. The molecular weight excluding hydrogens is 246 g/mol. The van der Waals surface area contributed by atoms with Crippen molar-refractivity contribution in [3.8, 4) is 0 Å². The van der Waals surface area contributed by atoms with Gasteiger partial charge in [0.1, 0.15) is 10.7 Å². The lowest BCUT2D eigenvalue weighted by molar-refractivity contribution is 0.294. The minimum Gasteiger partial charge on any atom is -0.388 e. The van der Waals surface area contributed by atoms with E-state index in [0.29, 0.717) is 11.6 Å². The molecule has 0 radical (unpaired) electrons. The summed E-state index contributed by atoms with van der Waals surface area (Å²) in [6.07, 6.45) is 1.66. The molecule has 0 amide bonds. The smallest absolute Gasteiger partial charge is 0.223 e. The van der Waals surface area contributed by atoms with Crippen molar-refractivity contribution >= 4 is 23.2 Å². The maximum Gasteiger partial charge on any atom is 0.223 e. The molecule has 18 heavy (non-hydrogen) atoms. The molecule has 6 heteroatoms. The third kappa shape index (κ3) is 4.54. The minimum absolute atomic E-state index is 0.270. The van der Waals surface area contributed by atoms with Crippen molar-refractivity contribution in [1.82, 2.24) is 14.9 Å². The summed E-state index contributed by atoms with van der Waals surface area (Å²) >= 11 is 4.89. The topological polar surface area (TPSA) is 67.1 Å². The third-order valence-electron chi connectivity index (χ3n) is 2.71. The molecule has 0 aliphatic carbocycles. The van der Waals surface area contributed by atoms with Gasteiger partial charge in [-0.1, -0.05) is 26.1 Å². The molecule has 1 rings (SSSR count). The highest BCUT2D eigenvalue weighted by Crippen LogP contribution is 2.03. The highest BCUT2D eigenvalue weighted by molar-refractivity contribution is 7.80. The van der Waals surface area contributed by atoms with Gasteiger partial charge in [0.15, 0.2) is 0 Å². The molecule has 0 fully saturated rings. The molecule has 1 aromatic rings. The van der Waals surface area contributed by atoms with E-state index in [9.17, 15) is 0 Å². The first-order chi connectivity index (χ1) is 8.56. The Morgan fingerprint density at radius 1 is 1.50 bits per heavy atom. The Labute approximate surface area is 114 Å². The summed E-state index contributed by atoms with van der Waals surface area (Å²) in [5, 5.41) is 3.26. The molecule has 100 valence electrons. The number of nitrogens with one attached hydrogen (secondary N) is 1. The number of thiocarbonyl (C=S) groups is 1. The van der Waals surface area contributed by atoms with Gasteiger partial charge in [0.2, 0.25) is 5.95 Å². The molecule has 0 spiro atoms. The summed E-state index contributed by atoms with van der Waals surface area (Å²) in [6, 6.07) is 1.98. The standard InChI is InChI=1S/C12H21N5S/c1-4-17(5-2)8-9(3)15-12-14-7-6-10(16-12)11(13)18/h6-7,9H,4-5,8H2,1-3H3,(H2,13,18)(H,14,15,16). The van der Waals surface area contributed by atoms with Gasteiger partial charge in [-0.15, -0.1) is 0 Å². The first-order valence-corrected chi connectivity index (χ1v) is 6.59. The van der Waals surface area contributed by atoms with E-state index in [1.54, 1.807) is 12.3 Å². The van der Waals surface area contributed by atoms with Gasteiger partial charge in [0.05, 0.1) is 0 Å². The zero-order valence-electron chi connectivity index (χ0n) is 11.2. The SMILES string of the molecule is CCN(CC)CC(C)Nc1nccc(C(N)=S)n1. The number of nitrogens with two attached hydrogens (primary N) is 1. The summed E-state index contributed by atoms with van der Waals surface area (Å²) in [4.78, 5) is 11.1. The Bertz CT molecular complexity index is 392. The van der Waals surface area contributed by atoms with Crippen molar-refractivity contribution in [3.05, 3.63) is 18.0 Å². The van der Waals surface area contributed by atoms with Crippen molar-refractivity contribution < 1.29 is 0 Å². The number of anilines is 1. The van der Waals surface area contributed by atoms with Crippen LogP contribution in [0.5, 0.6) is 0 Å². The Kier molecular flexibility index (Phi) is 5.94. The van der Waals surface area contributed by atoms with E-state index >= 15 is 0 Å². The summed E-state index contributed by atoms with van der Waals surface area (Å²) in [5.74, 6) is 0.569. The summed E-state index contributed by atoms with van der Waals surface area (Å²) < 4.78 is 0. The van der Waals surface area contributed by atoms with Gasteiger partial charge in [-0.3, -0.25) is 0 Å². The van der Waals surface area contributed by atoms with E-state index in [-0.39, 0.29) is 11.0 Å². The van der Waals surface area contributed by atoms with E-state index in [0.717, 1.165) is 19.6 Å². The van der Waals surface area contributed by atoms with E-state index in [4.69, 9.17) is 18.0 Å². The monoisotopic (exact) mass is 267 g/mol. The number of hydrogen-bond donors (Lipinski definition) is 2. The van der Waals surface area contributed by atoms with Crippen molar-refractivity contribution in [1.29, 1.82) is 0 Å². The second-order valence-electron chi connectivity index (χ2n) is 4.16. The Hall–Kier alpha value is -1.27. The Morgan fingerprint density at radius 2 is 2.17 bits per heavy atom. The van der Waals surface area contributed by atoms with Crippen molar-refractivity contribution in [2.75, 3.05) is 25.0 Å². The highest BCUT2D eigenvalue weighted by atomic mass is 32.1. The fourth-order valence-electron chi connectivity index (χ4n) is 1.70. The second kappa shape index (κ2) is 7.23. The van der Waals surface area contributed by atoms with Crippen LogP contribution in [0.4, 0.5) is 5.95 Å². The zero-order valence-corrected chi connectivity index (χ0v) is 12.0. The number of nitrogens with zero attached hydrogens (tertiary/aromatic N) is 3. The molecule has 1 aromatic heterocycles. The van der Waals surface area contributed by atoms with Crippen molar-refractivity contribution in [3.63, 3.8) is 0 Å². The first kappa shape index (κ1) is 14.8. The Morgan fingerprint density at radius 3 is 2.72 bits per heavy atom. The van der Waals surface area contributed by atoms with Gasteiger partial charge in [-0.25, -0.2) is 9.97 Å². The van der Waals surface area contributed by atoms with E-state index in [2.05, 4.69) is 41.0 Å². The molecule has 0 saturated heterocycles. The predicted octanol–water partition coefficient (Wildman–Crippen LogP) is 1.25. The highest BCUT2D eigenvalue weighted by Gasteiger charge is 2.09. The third-order valence-corrected chi connectivity index (χ3v) is 2.92. The molecule has 0 saturated carbocycles. The van der Waals surface area contributed by atoms with Crippen LogP contribution < -0.4 is 11.1 Å². The maximum absolute atomic E-state index is 5.54. The quantitative estimate of drug-likeness (QED) is 0.725. The van der Waals surface area contributed by atoms with E-state index < -0.39 is 0 Å². The number of hydrogen-bond acceptors (Lipinski definition) is 5. The largest absolute Gasteiger partial charge is 0.388 e. The van der Waals surface area contributed by atoms with Crippen LogP contribution in [0.2, 0.25) is 0 Å². The van der Waals surface area contributed by atoms with Crippen LogP contribution in [0.15, 0.2) is 12.3 Å². The van der Waals surface area contributed by atoms with Crippen LogP contribution in [-0.4, -0.2) is 45.5 Å². The number of rotatable bonds is 7. The average molecular weight is 267 g/mol. The van der Waals surface area contributed by atoms with Gasteiger partial charge in [0, 0.05) is 18.8 Å². The van der Waals surface area contributed by atoms with Crippen LogP contribution >= 0.6 is 12.2 Å². The predicted molar refractivity (Wildman–Crippen MR) is 78.8 cm³/mol. The minimum atomic E-state index is 0.270. The van der Waals surface area contributed by atoms with E-state index in [1.165, 1.54) is 0 Å². The molecule has 0 aliphatic heterocycles. The lowest BCUT2D eigenvalue weighted by atomic mass is 10.3. The fourth-order valence-corrected chi connectivity index (χ4v) is 1.81.